The Morgan fingerprint density at radius 1 is 1.40 bits per heavy atom. The van der Waals surface area contributed by atoms with Gasteiger partial charge in [0.15, 0.2) is 0 Å². The van der Waals surface area contributed by atoms with Crippen LogP contribution < -0.4 is 0 Å². The lowest BCUT2D eigenvalue weighted by atomic mass is 10.2. The highest BCUT2D eigenvalue weighted by Crippen LogP contribution is 2.12. The molecule has 1 atom stereocenters. The molecule has 3 rings (SSSR count). The maximum absolute atomic E-state index is 5.82. The van der Waals surface area contributed by atoms with Crippen LogP contribution >= 0.6 is 0 Å². The molecule has 3 heterocycles. The molecule has 2 aromatic rings. The Balaban J connectivity index is 1.56. The summed E-state index contributed by atoms with van der Waals surface area (Å²) in [4.78, 5) is 2.35. The molecule has 1 unspecified atom stereocenters. The van der Waals surface area contributed by atoms with Gasteiger partial charge in [-0.2, -0.15) is 5.10 Å². The second-order valence-electron chi connectivity index (χ2n) is 5.40. The zero-order valence-electron chi connectivity index (χ0n) is 12.0. The Bertz CT molecular complexity index is 515. The molecule has 6 nitrogen and oxygen atoms in total. The van der Waals surface area contributed by atoms with E-state index in [1.165, 1.54) is 5.56 Å². The second-order valence-corrected chi connectivity index (χ2v) is 5.40. The minimum absolute atomic E-state index is 0.177. The fourth-order valence-electron chi connectivity index (χ4n) is 2.53. The van der Waals surface area contributed by atoms with Crippen molar-refractivity contribution in [3.05, 3.63) is 35.5 Å². The van der Waals surface area contributed by atoms with Gasteiger partial charge in [0.05, 0.1) is 31.1 Å². The third kappa shape index (κ3) is 3.26. The lowest BCUT2D eigenvalue weighted by Crippen LogP contribution is -2.43. The molecule has 0 aliphatic carbocycles. The summed E-state index contributed by atoms with van der Waals surface area (Å²) in [6.07, 6.45) is 4.10. The van der Waals surface area contributed by atoms with Crippen LogP contribution in [-0.4, -0.2) is 45.6 Å². The molecule has 2 aromatic heterocycles. The molecule has 1 aliphatic heterocycles. The van der Waals surface area contributed by atoms with Crippen molar-refractivity contribution in [1.29, 1.82) is 0 Å². The highest BCUT2D eigenvalue weighted by molar-refractivity contribution is 5.03. The highest BCUT2D eigenvalue weighted by Gasteiger charge is 2.22. The molecule has 20 heavy (non-hydrogen) atoms. The quantitative estimate of drug-likeness (QED) is 0.844. The average Bonchev–Trinajstić information content (AvgIpc) is 2.99. The fourth-order valence-corrected chi connectivity index (χ4v) is 2.53. The van der Waals surface area contributed by atoms with Gasteiger partial charge < -0.3 is 9.26 Å². The van der Waals surface area contributed by atoms with Gasteiger partial charge in [0.2, 0.25) is 0 Å². The van der Waals surface area contributed by atoms with Crippen LogP contribution in [0.4, 0.5) is 0 Å². The minimum Gasteiger partial charge on any atom is -0.374 e. The third-order valence-electron chi connectivity index (χ3n) is 3.44. The first-order valence-electron chi connectivity index (χ1n) is 6.94. The van der Waals surface area contributed by atoms with E-state index in [1.54, 1.807) is 0 Å². The monoisotopic (exact) mass is 276 g/mol. The first kappa shape index (κ1) is 13.3. The van der Waals surface area contributed by atoms with Crippen LogP contribution in [0.3, 0.4) is 0 Å². The Hall–Kier alpha value is -1.66. The number of morpholine rings is 1. The molecular weight excluding hydrogens is 256 g/mol. The summed E-state index contributed by atoms with van der Waals surface area (Å²) < 4.78 is 12.9. The van der Waals surface area contributed by atoms with Gasteiger partial charge in [0.25, 0.3) is 0 Å². The van der Waals surface area contributed by atoms with Gasteiger partial charge in [-0.15, -0.1) is 0 Å². The lowest BCUT2D eigenvalue weighted by molar-refractivity contribution is -0.0407. The molecule has 1 saturated heterocycles. The third-order valence-corrected chi connectivity index (χ3v) is 3.44. The summed E-state index contributed by atoms with van der Waals surface area (Å²) in [6.45, 7) is 8.15. The van der Waals surface area contributed by atoms with E-state index in [4.69, 9.17) is 9.26 Å². The maximum Gasteiger partial charge on any atom is 0.133 e. The van der Waals surface area contributed by atoms with Crippen molar-refractivity contribution in [1.82, 2.24) is 19.8 Å². The van der Waals surface area contributed by atoms with Gasteiger partial charge >= 0.3 is 0 Å². The van der Waals surface area contributed by atoms with E-state index in [0.29, 0.717) is 0 Å². The summed E-state index contributed by atoms with van der Waals surface area (Å²) in [5.41, 5.74) is 2.16. The number of aromatic nitrogens is 3. The number of rotatable bonds is 4. The standard InChI is InChI=1S/C14H20N4O2/c1-11-6-15-18(7-11)10-14-9-17(3-4-19-14)8-13-5-12(2)20-16-13/h5-7,14H,3-4,8-10H2,1-2H3. The average molecular weight is 276 g/mol. The van der Waals surface area contributed by atoms with E-state index >= 15 is 0 Å². The molecule has 0 spiro atoms. The van der Waals surface area contributed by atoms with Crippen molar-refractivity contribution < 1.29 is 9.26 Å². The Labute approximate surface area is 118 Å². The van der Waals surface area contributed by atoms with E-state index in [1.807, 2.05) is 37.0 Å². The SMILES string of the molecule is Cc1cnn(CC2CN(Cc3cc(C)on3)CCO2)c1. The molecule has 1 fully saturated rings. The predicted octanol–water partition coefficient (Wildman–Crippen LogP) is 1.39. The predicted molar refractivity (Wildman–Crippen MR) is 73.2 cm³/mol. The number of aryl methyl sites for hydroxylation is 2. The van der Waals surface area contributed by atoms with Gasteiger partial charge in [-0.1, -0.05) is 5.16 Å². The smallest absolute Gasteiger partial charge is 0.133 e. The molecule has 0 N–H and O–H groups in total. The van der Waals surface area contributed by atoms with Crippen LogP contribution in [0, 0.1) is 13.8 Å². The maximum atomic E-state index is 5.82. The van der Waals surface area contributed by atoms with E-state index in [2.05, 4.69) is 15.2 Å². The number of nitrogens with zero attached hydrogens (tertiary/aromatic N) is 4. The fraction of sp³-hybridized carbons (Fsp3) is 0.571. The van der Waals surface area contributed by atoms with Gasteiger partial charge in [-0.25, -0.2) is 0 Å². The summed E-state index contributed by atoms with van der Waals surface area (Å²) in [5.74, 6) is 0.858. The minimum atomic E-state index is 0.177. The zero-order chi connectivity index (χ0) is 13.9. The highest BCUT2D eigenvalue weighted by atomic mass is 16.5. The molecule has 108 valence electrons. The summed E-state index contributed by atoms with van der Waals surface area (Å²) in [5, 5.41) is 8.36. The topological polar surface area (TPSA) is 56.3 Å². The van der Waals surface area contributed by atoms with Crippen molar-refractivity contribution in [3.8, 4) is 0 Å². The molecule has 0 radical (unpaired) electrons. The summed E-state index contributed by atoms with van der Waals surface area (Å²) >= 11 is 0. The second kappa shape index (κ2) is 5.76. The zero-order valence-corrected chi connectivity index (χ0v) is 12.0. The first-order chi connectivity index (χ1) is 9.69. The van der Waals surface area contributed by atoms with E-state index in [9.17, 15) is 0 Å². The van der Waals surface area contributed by atoms with Crippen molar-refractivity contribution >= 4 is 0 Å². The molecule has 0 amide bonds. The molecular formula is C14H20N4O2. The number of ether oxygens (including phenoxy) is 1. The lowest BCUT2D eigenvalue weighted by Gasteiger charge is -2.32. The van der Waals surface area contributed by atoms with Crippen LogP contribution in [0.15, 0.2) is 23.0 Å². The Morgan fingerprint density at radius 3 is 3.00 bits per heavy atom. The van der Waals surface area contributed by atoms with Gasteiger partial charge in [-0.05, 0) is 19.4 Å². The van der Waals surface area contributed by atoms with Crippen LogP contribution in [-0.2, 0) is 17.8 Å². The van der Waals surface area contributed by atoms with Crippen LogP contribution in [0.25, 0.3) is 0 Å². The van der Waals surface area contributed by atoms with E-state index in [0.717, 1.165) is 44.2 Å². The van der Waals surface area contributed by atoms with E-state index < -0.39 is 0 Å². The van der Waals surface area contributed by atoms with Crippen LogP contribution in [0.1, 0.15) is 17.0 Å². The van der Waals surface area contributed by atoms with Crippen LogP contribution in [0.2, 0.25) is 0 Å². The van der Waals surface area contributed by atoms with Gasteiger partial charge in [-0.3, -0.25) is 9.58 Å². The van der Waals surface area contributed by atoms with E-state index in [-0.39, 0.29) is 6.10 Å². The van der Waals surface area contributed by atoms with Gasteiger partial charge in [0.1, 0.15) is 5.76 Å². The van der Waals surface area contributed by atoms with Gasteiger partial charge in [0, 0.05) is 31.9 Å². The molecule has 1 aliphatic rings. The Kier molecular flexibility index (Phi) is 3.84. The summed E-state index contributed by atoms with van der Waals surface area (Å²) in [7, 11) is 0. The van der Waals surface area contributed by atoms with Crippen LogP contribution in [0.5, 0.6) is 0 Å². The van der Waals surface area contributed by atoms with Crippen molar-refractivity contribution in [3.63, 3.8) is 0 Å². The Morgan fingerprint density at radius 2 is 2.30 bits per heavy atom. The summed E-state index contributed by atoms with van der Waals surface area (Å²) in [6, 6.07) is 1.99. The molecule has 6 heteroatoms. The molecule has 0 aromatic carbocycles. The van der Waals surface area contributed by atoms with Crippen molar-refractivity contribution in [2.24, 2.45) is 0 Å². The normalized spacial score (nSPS) is 20.4. The number of hydrogen-bond donors (Lipinski definition) is 0. The largest absolute Gasteiger partial charge is 0.374 e. The molecule has 0 bridgehead atoms. The van der Waals surface area contributed by atoms with Crippen molar-refractivity contribution in [2.45, 2.75) is 33.0 Å². The molecule has 0 saturated carbocycles. The first-order valence-corrected chi connectivity index (χ1v) is 6.94. The van der Waals surface area contributed by atoms with Crippen molar-refractivity contribution in [2.75, 3.05) is 19.7 Å². The number of hydrogen-bond acceptors (Lipinski definition) is 5.